The summed E-state index contributed by atoms with van der Waals surface area (Å²) in [7, 11) is 0. The van der Waals surface area contributed by atoms with Gasteiger partial charge in [-0.2, -0.15) is 0 Å². The summed E-state index contributed by atoms with van der Waals surface area (Å²) in [6.07, 6.45) is 7.52. The Bertz CT molecular complexity index is 624. The minimum absolute atomic E-state index is 0.578. The quantitative estimate of drug-likeness (QED) is 0.868. The van der Waals surface area contributed by atoms with E-state index in [9.17, 15) is 0 Å². The van der Waals surface area contributed by atoms with Crippen molar-refractivity contribution in [3.8, 4) is 5.88 Å². The van der Waals surface area contributed by atoms with E-state index < -0.39 is 0 Å². The fraction of sp³-hybridized carbons (Fsp3) is 0.471. The van der Waals surface area contributed by atoms with Crippen LogP contribution in [0.15, 0.2) is 30.7 Å². The molecule has 5 nitrogen and oxygen atoms in total. The van der Waals surface area contributed by atoms with E-state index in [2.05, 4.69) is 19.9 Å². The molecule has 0 spiro atoms. The lowest BCUT2D eigenvalue weighted by atomic mass is 9.98. The molecule has 0 saturated carbocycles. The number of ether oxygens (including phenoxy) is 1. The van der Waals surface area contributed by atoms with Gasteiger partial charge in [0, 0.05) is 37.2 Å². The lowest BCUT2D eigenvalue weighted by molar-refractivity contribution is 0.214. The first kappa shape index (κ1) is 14.8. The number of rotatable bonds is 4. The molecule has 0 N–H and O–H groups in total. The highest BCUT2D eigenvalue weighted by Gasteiger charge is 2.22. The third-order valence-electron chi connectivity index (χ3n) is 4.19. The molecule has 0 amide bonds. The van der Waals surface area contributed by atoms with Crippen molar-refractivity contribution in [2.75, 3.05) is 24.6 Å². The van der Waals surface area contributed by atoms with Gasteiger partial charge < -0.3 is 9.64 Å². The molecule has 0 radical (unpaired) electrons. The number of nitrogens with zero attached hydrogens (tertiary/aromatic N) is 4. The van der Waals surface area contributed by atoms with Crippen molar-refractivity contribution in [2.24, 2.45) is 5.92 Å². The minimum Gasteiger partial charge on any atom is -0.477 e. The molecule has 116 valence electrons. The molecule has 22 heavy (non-hydrogen) atoms. The zero-order valence-corrected chi connectivity index (χ0v) is 13.2. The van der Waals surface area contributed by atoms with Gasteiger partial charge in [0.25, 0.3) is 0 Å². The number of anilines is 1. The first-order chi connectivity index (χ1) is 10.7. The third-order valence-corrected chi connectivity index (χ3v) is 4.19. The summed E-state index contributed by atoms with van der Waals surface area (Å²) in [6.45, 7) is 6.80. The monoisotopic (exact) mass is 298 g/mol. The van der Waals surface area contributed by atoms with Crippen molar-refractivity contribution in [2.45, 2.75) is 26.7 Å². The number of hydrogen-bond donors (Lipinski definition) is 0. The molecule has 2 aromatic rings. The van der Waals surface area contributed by atoms with Crippen LogP contribution in [-0.2, 0) is 0 Å². The van der Waals surface area contributed by atoms with Crippen LogP contribution in [0.25, 0.3) is 0 Å². The van der Waals surface area contributed by atoms with Crippen molar-refractivity contribution in [1.82, 2.24) is 15.0 Å². The molecule has 1 aliphatic rings. The zero-order valence-electron chi connectivity index (χ0n) is 13.2. The first-order valence-electron chi connectivity index (χ1n) is 7.81. The number of aryl methyl sites for hydroxylation is 2. The van der Waals surface area contributed by atoms with Gasteiger partial charge in [-0.15, -0.1) is 0 Å². The second kappa shape index (κ2) is 6.73. The van der Waals surface area contributed by atoms with Crippen LogP contribution in [0.5, 0.6) is 5.88 Å². The van der Waals surface area contributed by atoms with Gasteiger partial charge >= 0.3 is 0 Å². The summed E-state index contributed by atoms with van der Waals surface area (Å²) in [6, 6.07) is 3.96. The summed E-state index contributed by atoms with van der Waals surface area (Å²) in [4.78, 5) is 15.4. The van der Waals surface area contributed by atoms with Crippen LogP contribution in [0.4, 0.5) is 5.82 Å². The van der Waals surface area contributed by atoms with Crippen LogP contribution in [0, 0.1) is 19.8 Å². The van der Waals surface area contributed by atoms with Crippen LogP contribution in [0.2, 0.25) is 0 Å². The molecular weight excluding hydrogens is 276 g/mol. The number of aromatic nitrogens is 3. The van der Waals surface area contributed by atoms with Crippen molar-refractivity contribution >= 4 is 5.82 Å². The molecule has 5 heteroatoms. The topological polar surface area (TPSA) is 51.1 Å². The summed E-state index contributed by atoms with van der Waals surface area (Å²) in [5.41, 5.74) is 2.09. The maximum Gasteiger partial charge on any atom is 0.216 e. The fourth-order valence-electron chi connectivity index (χ4n) is 2.84. The van der Waals surface area contributed by atoms with Crippen LogP contribution in [-0.4, -0.2) is 34.6 Å². The summed E-state index contributed by atoms with van der Waals surface area (Å²) in [5, 5.41) is 0. The average Bonchev–Trinajstić information content (AvgIpc) is 2.55. The lowest BCUT2D eigenvalue weighted by Crippen LogP contribution is -2.36. The second-order valence-electron chi connectivity index (χ2n) is 5.83. The minimum atomic E-state index is 0.578. The molecule has 0 bridgehead atoms. The maximum atomic E-state index is 5.88. The van der Waals surface area contributed by atoms with E-state index in [1.54, 1.807) is 18.6 Å². The zero-order chi connectivity index (χ0) is 15.4. The Morgan fingerprint density at radius 1 is 1.09 bits per heavy atom. The summed E-state index contributed by atoms with van der Waals surface area (Å²) in [5.74, 6) is 2.35. The maximum absolute atomic E-state index is 5.88. The van der Waals surface area contributed by atoms with Gasteiger partial charge in [0.2, 0.25) is 5.88 Å². The Hall–Kier alpha value is -2.17. The van der Waals surface area contributed by atoms with Crippen molar-refractivity contribution in [1.29, 1.82) is 0 Å². The Balaban J connectivity index is 1.52. The Morgan fingerprint density at radius 3 is 2.59 bits per heavy atom. The number of pyridine rings is 1. The fourth-order valence-corrected chi connectivity index (χ4v) is 2.84. The highest BCUT2D eigenvalue weighted by molar-refractivity contribution is 5.42. The van der Waals surface area contributed by atoms with Crippen molar-refractivity contribution in [3.63, 3.8) is 0 Å². The largest absolute Gasteiger partial charge is 0.477 e. The molecule has 0 atom stereocenters. The molecular formula is C17H22N4O. The van der Waals surface area contributed by atoms with Gasteiger partial charge in [0.15, 0.2) is 0 Å². The van der Waals surface area contributed by atoms with Gasteiger partial charge in [-0.05, 0) is 38.7 Å². The Morgan fingerprint density at radius 2 is 1.86 bits per heavy atom. The summed E-state index contributed by atoms with van der Waals surface area (Å²) >= 11 is 0. The highest BCUT2D eigenvalue weighted by Crippen LogP contribution is 2.24. The van der Waals surface area contributed by atoms with Crippen LogP contribution >= 0.6 is 0 Å². The van der Waals surface area contributed by atoms with Crippen LogP contribution < -0.4 is 9.64 Å². The van der Waals surface area contributed by atoms with E-state index >= 15 is 0 Å². The smallest absolute Gasteiger partial charge is 0.216 e. The Kier molecular flexibility index (Phi) is 4.51. The van der Waals surface area contributed by atoms with Gasteiger partial charge in [-0.1, -0.05) is 6.07 Å². The van der Waals surface area contributed by atoms with E-state index in [1.807, 2.05) is 26.0 Å². The number of hydrogen-bond acceptors (Lipinski definition) is 5. The standard InChI is InChI=1S/C17H22N4O/c1-13-4-3-7-20-17(13)22-12-15-5-10-21(11-6-15)16-14(2)18-8-9-19-16/h3-4,7-9,15H,5-6,10-12H2,1-2H3. The normalized spacial score (nSPS) is 15.8. The summed E-state index contributed by atoms with van der Waals surface area (Å²) < 4.78 is 5.88. The number of piperidine rings is 1. The molecule has 1 saturated heterocycles. The SMILES string of the molecule is Cc1cccnc1OCC1CCN(c2nccnc2C)CC1. The average molecular weight is 298 g/mol. The first-order valence-corrected chi connectivity index (χ1v) is 7.81. The van der Waals surface area contributed by atoms with Crippen LogP contribution in [0.1, 0.15) is 24.1 Å². The van der Waals surface area contributed by atoms with E-state index in [1.165, 1.54) is 0 Å². The van der Waals surface area contributed by atoms with Gasteiger partial charge in [-0.3, -0.25) is 4.98 Å². The highest BCUT2D eigenvalue weighted by atomic mass is 16.5. The van der Waals surface area contributed by atoms with Gasteiger partial charge in [-0.25, -0.2) is 9.97 Å². The molecule has 0 unspecified atom stereocenters. The van der Waals surface area contributed by atoms with E-state index in [0.717, 1.165) is 55.5 Å². The van der Waals surface area contributed by atoms with Crippen LogP contribution in [0.3, 0.4) is 0 Å². The Labute approximate surface area is 131 Å². The van der Waals surface area contributed by atoms with E-state index in [0.29, 0.717) is 5.92 Å². The molecule has 2 aromatic heterocycles. The molecule has 3 heterocycles. The lowest BCUT2D eigenvalue weighted by Gasteiger charge is -2.33. The van der Waals surface area contributed by atoms with Crippen molar-refractivity contribution < 1.29 is 4.74 Å². The van der Waals surface area contributed by atoms with E-state index in [-0.39, 0.29) is 0 Å². The van der Waals surface area contributed by atoms with Gasteiger partial charge in [0.1, 0.15) is 5.82 Å². The molecule has 0 aliphatic carbocycles. The predicted molar refractivity (Wildman–Crippen MR) is 86.2 cm³/mol. The van der Waals surface area contributed by atoms with E-state index in [4.69, 9.17) is 4.74 Å². The molecule has 1 fully saturated rings. The molecule has 1 aliphatic heterocycles. The predicted octanol–water partition coefficient (Wildman–Crippen LogP) is 2.78. The second-order valence-corrected chi connectivity index (χ2v) is 5.83. The van der Waals surface area contributed by atoms with Crippen molar-refractivity contribution in [3.05, 3.63) is 42.0 Å². The van der Waals surface area contributed by atoms with Gasteiger partial charge in [0.05, 0.1) is 12.3 Å². The third kappa shape index (κ3) is 3.35. The molecule has 0 aromatic carbocycles. The molecule has 3 rings (SSSR count).